The molecule has 0 aromatic heterocycles. The molecule has 2 fully saturated rings. The fourth-order valence-corrected chi connectivity index (χ4v) is 5.21. The molecule has 1 amide bonds. The first-order valence-corrected chi connectivity index (χ1v) is 11.5. The van der Waals surface area contributed by atoms with E-state index in [4.69, 9.17) is 32.7 Å². The molecular formula is C25H27Cl2NO4. The van der Waals surface area contributed by atoms with Gasteiger partial charge in [0.1, 0.15) is 11.7 Å². The molecule has 0 bridgehead atoms. The average Bonchev–Trinajstić information content (AvgIpc) is 3.24. The highest BCUT2D eigenvalue weighted by Gasteiger charge is 2.56. The Morgan fingerprint density at radius 2 is 1.78 bits per heavy atom. The van der Waals surface area contributed by atoms with Crippen LogP contribution in [0, 0.1) is 5.92 Å². The summed E-state index contributed by atoms with van der Waals surface area (Å²) in [5, 5.41) is 0.952. The van der Waals surface area contributed by atoms with Crippen molar-refractivity contribution in [2.45, 2.75) is 50.7 Å². The van der Waals surface area contributed by atoms with Gasteiger partial charge in [0.15, 0.2) is 0 Å². The molecule has 5 nitrogen and oxygen atoms in total. The molecule has 2 aliphatic rings. The Hall–Kier alpha value is -2.24. The van der Waals surface area contributed by atoms with E-state index >= 15 is 0 Å². The number of benzene rings is 2. The van der Waals surface area contributed by atoms with Crippen LogP contribution < -0.4 is 0 Å². The number of rotatable bonds is 3. The van der Waals surface area contributed by atoms with Crippen molar-refractivity contribution in [3.63, 3.8) is 0 Å². The standard InChI is InChI=1S/C25H27Cl2NO4/c1-24(2,3)32-23(30)28-14-18-11-19(31-22(29)16-7-5-4-6-8-16)13-25(18,15-28)17-9-10-20(26)21(27)12-17/h4-10,12,18-19H,11,13-15H2,1-3H3/t18-,19+,25+/m1/s1. The second kappa shape index (κ2) is 8.60. The summed E-state index contributed by atoms with van der Waals surface area (Å²) >= 11 is 12.5. The molecule has 0 radical (unpaired) electrons. The minimum absolute atomic E-state index is 0.112. The Morgan fingerprint density at radius 3 is 2.44 bits per heavy atom. The summed E-state index contributed by atoms with van der Waals surface area (Å²) in [4.78, 5) is 27.2. The summed E-state index contributed by atoms with van der Waals surface area (Å²) in [5.74, 6) is -0.218. The first kappa shape index (κ1) is 22.9. The van der Waals surface area contributed by atoms with Gasteiger partial charge in [0.05, 0.1) is 15.6 Å². The second-order valence-electron chi connectivity index (χ2n) is 9.68. The van der Waals surface area contributed by atoms with Crippen LogP contribution in [0.1, 0.15) is 49.5 Å². The van der Waals surface area contributed by atoms with Crippen LogP contribution in [0.3, 0.4) is 0 Å². The lowest BCUT2D eigenvalue weighted by atomic mass is 9.74. The average molecular weight is 476 g/mol. The number of fused-ring (bicyclic) bond motifs is 1. The van der Waals surface area contributed by atoms with Gasteiger partial charge in [-0.25, -0.2) is 9.59 Å². The van der Waals surface area contributed by atoms with Gasteiger partial charge in [-0.05, 0) is 69.4 Å². The van der Waals surface area contributed by atoms with Crippen molar-refractivity contribution in [3.8, 4) is 0 Å². The van der Waals surface area contributed by atoms with Crippen LogP contribution in [0.25, 0.3) is 0 Å². The van der Waals surface area contributed by atoms with Gasteiger partial charge < -0.3 is 14.4 Å². The van der Waals surface area contributed by atoms with Crippen LogP contribution in [-0.4, -0.2) is 41.8 Å². The highest BCUT2D eigenvalue weighted by Crippen LogP contribution is 2.52. The van der Waals surface area contributed by atoms with E-state index in [1.807, 2.05) is 51.1 Å². The lowest BCUT2D eigenvalue weighted by Gasteiger charge is -2.31. The predicted molar refractivity (Wildman–Crippen MR) is 124 cm³/mol. The third kappa shape index (κ3) is 4.60. The van der Waals surface area contributed by atoms with E-state index in [2.05, 4.69) is 0 Å². The minimum Gasteiger partial charge on any atom is -0.459 e. The number of hydrogen-bond donors (Lipinski definition) is 0. The molecule has 1 heterocycles. The van der Waals surface area contributed by atoms with Crippen LogP contribution in [0.2, 0.25) is 10.0 Å². The number of halogens is 2. The van der Waals surface area contributed by atoms with E-state index in [9.17, 15) is 9.59 Å². The monoisotopic (exact) mass is 475 g/mol. The normalized spacial score (nSPS) is 24.8. The van der Waals surface area contributed by atoms with Crippen molar-refractivity contribution < 1.29 is 19.1 Å². The Kier molecular flexibility index (Phi) is 6.17. The van der Waals surface area contributed by atoms with Crippen molar-refractivity contribution >= 4 is 35.3 Å². The first-order valence-electron chi connectivity index (χ1n) is 10.8. The number of hydrogen-bond acceptors (Lipinski definition) is 4. The largest absolute Gasteiger partial charge is 0.459 e. The van der Waals surface area contributed by atoms with Crippen molar-refractivity contribution in [1.29, 1.82) is 0 Å². The summed E-state index contributed by atoms with van der Waals surface area (Å²) < 4.78 is 11.5. The van der Waals surface area contributed by atoms with E-state index in [0.29, 0.717) is 41.5 Å². The van der Waals surface area contributed by atoms with Gasteiger partial charge in [-0.3, -0.25) is 0 Å². The van der Waals surface area contributed by atoms with Crippen molar-refractivity contribution in [2.75, 3.05) is 13.1 Å². The van der Waals surface area contributed by atoms with E-state index < -0.39 is 5.60 Å². The molecule has 4 rings (SSSR count). The fraction of sp³-hybridized carbons (Fsp3) is 0.440. The van der Waals surface area contributed by atoms with Crippen molar-refractivity contribution in [3.05, 3.63) is 69.7 Å². The molecule has 32 heavy (non-hydrogen) atoms. The molecule has 1 saturated heterocycles. The highest BCUT2D eigenvalue weighted by molar-refractivity contribution is 6.42. The maximum atomic E-state index is 12.8. The van der Waals surface area contributed by atoms with E-state index in [0.717, 1.165) is 5.56 Å². The summed E-state index contributed by atoms with van der Waals surface area (Å²) in [5.41, 5.74) is 0.580. The second-order valence-corrected chi connectivity index (χ2v) is 10.5. The Bertz CT molecular complexity index is 1020. The molecule has 0 N–H and O–H groups in total. The summed E-state index contributed by atoms with van der Waals surface area (Å²) in [6, 6.07) is 14.6. The van der Waals surface area contributed by atoms with Crippen molar-refractivity contribution in [2.24, 2.45) is 5.92 Å². The van der Waals surface area contributed by atoms with Gasteiger partial charge >= 0.3 is 12.1 Å². The van der Waals surface area contributed by atoms with Gasteiger partial charge in [0.2, 0.25) is 0 Å². The number of nitrogens with zero attached hydrogens (tertiary/aromatic N) is 1. The molecule has 1 saturated carbocycles. The number of amides is 1. The molecule has 0 unspecified atom stereocenters. The zero-order valence-electron chi connectivity index (χ0n) is 18.4. The molecule has 0 spiro atoms. The topological polar surface area (TPSA) is 55.8 Å². The van der Waals surface area contributed by atoms with Gasteiger partial charge in [0, 0.05) is 18.5 Å². The van der Waals surface area contributed by atoms with Gasteiger partial charge in [-0.1, -0.05) is 47.5 Å². The molecule has 170 valence electrons. The fourth-order valence-electron chi connectivity index (χ4n) is 4.91. The smallest absolute Gasteiger partial charge is 0.410 e. The summed E-state index contributed by atoms with van der Waals surface area (Å²) in [7, 11) is 0. The third-order valence-corrected chi connectivity index (χ3v) is 7.00. The van der Waals surface area contributed by atoms with Gasteiger partial charge in [-0.2, -0.15) is 0 Å². The van der Waals surface area contributed by atoms with Gasteiger partial charge in [0.25, 0.3) is 0 Å². The molecule has 1 aliphatic carbocycles. The molecule has 2 aromatic carbocycles. The predicted octanol–water partition coefficient (Wildman–Crippen LogP) is 6.12. The summed E-state index contributed by atoms with van der Waals surface area (Å²) in [6.45, 7) is 6.58. The maximum Gasteiger partial charge on any atom is 0.410 e. The zero-order chi connectivity index (χ0) is 23.1. The first-order chi connectivity index (χ1) is 15.1. The van der Waals surface area contributed by atoms with E-state index in [-0.39, 0.29) is 29.5 Å². The lowest BCUT2D eigenvalue weighted by molar-refractivity contribution is 0.0200. The molecule has 1 aliphatic heterocycles. The van der Waals surface area contributed by atoms with E-state index in [1.54, 1.807) is 23.1 Å². The molecule has 2 aromatic rings. The van der Waals surface area contributed by atoms with Crippen LogP contribution in [0.4, 0.5) is 4.79 Å². The highest BCUT2D eigenvalue weighted by atomic mass is 35.5. The van der Waals surface area contributed by atoms with Crippen LogP contribution in [0.5, 0.6) is 0 Å². The maximum absolute atomic E-state index is 12.8. The van der Waals surface area contributed by atoms with Crippen LogP contribution in [0.15, 0.2) is 48.5 Å². The Morgan fingerprint density at radius 1 is 1.06 bits per heavy atom. The SMILES string of the molecule is CC(C)(C)OC(=O)N1C[C@H]2C[C@H](OC(=O)c3ccccc3)C[C@@]2(c2ccc(Cl)c(Cl)c2)C1. The number of carbonyl (C=O) groups excluding carboxylic acids is 2. The summed E-state index contributed by atoms with van der Waals surface area (Å²) in [6.07, 6.45) is 0.693. The lowest BCUT2D eigenvalue weighted by Crippen LogP contribution is -2.39. The Balaban J connectivity index is 1.59. The third-order valence-electron chi connectivity index (χ3n) is 6.26. The van der Waals surface area contributed by atoms with Crippen LogP contribution in [-0.2, 0) is 14.9 Å². The van der Waals surface area contributed by atoms with Crippen molar-refractivity contribution in [1.82, 2.24) is 4.90 Å². The molecule has 7 heteroatoms. The number of carbonyl (C=O) groups is 2. The Labute approximate surface area is 198 Å². The zero-order valence-corrected chi connectivity index (χ0v) is 19.9. The molecule has 3 atom stereocenters. The van der Waals surface area contributed by atoms with Gasteiger partial charge in [-0.15, -0.1) is 0 Å². The van der Waals surface area contributed by atoms with Crippen LogP contribution >= 0.6 is 23.2 Å². The van der Waals surface area contributed by atoms with E-state index in [1.165, 1.54) is 0 Å². The molecular weight excluding hydrogens is 449 g/mol. The number of likely N-dealkylation sites (tertiary alicyclic amines) is 1. The number of esters is 1. The quantitative estimate of drug-likeness (QED) is 0.501. The minimum atomic E-state index is -0.570. The number of ether oxygens (including phenoxy) is 2.